The van der Waals surface area contributed by atoms with Gasteiger partial charge in [-0.25, -0.2) is 0 Å². The number of benzene rings is 1. The van der Waals surface area contributed by atoms with Gasteiger partial charge in [0.2, 0.25) is 0 Å². The first kappa shape index (κ1) is 8.98. The SMILES string of the molecule is c1cc2cc(CN3CCCC3)ccc2o1. The molecule has 1 aliphatic heterocycles. The lowest BCUT2D eigenvalue weighted by atomic mass is 10.1. The quantitative estimate of drug-likeness (QED) is 0.742. The second kappa shape index (κ2) is 3.70. The molecule has 2 heteroatoms. The van der Waals surface area contributed by atoms with E-state index in [1.165, 1.54) is 36.9 Å². The summed E-state index contributed by atoms with van der Waals surface area (Å²) in [5, 5.41) is 1.21. The monoisotopic (exact) mass is 201 g/mol. The molecule has 0 bridgehead atoms. The summed E-state index contributed by atoms with van der Waals surface area (Å²) in [6.07, 6.45) is 4.46. The molecule has 0 aliphatic carbocycles. The van der Waals surface area contributed by atoms with Crippen LogP contribution in [0.1, 0.15) is 18.4 Å². The number of likely N-dealkylation sites (tertiary alicyclic amines) is 1. The molecular weight excluding hydrogens is 186 g/mol. The first-order valence-corrected chi connectivity index (χ1v) is 5.60. The minimum absolute atomic E-state index is 0.986. The molecular formula is C13H15NO. The standard InChI is InChI=1S/C13H15NO/c1-2-7-14(6-1)10-11-3-4-13-12(9-11)5-8-15-13/h3-5,8-9H,1-2,6-7,10H2. The average Bonchev–Trinajstić information content (AvgIpc) is 2.87. The molecule has 78 valence electrons. The molecule has 0 amide bonds. The van der Waals surface area contributed by atoms with E-state index in [1.807, 2.05) is 6.07 Å². The number of hydrogen-bond acceptors (Lipinski definition) is 2. The van der Waals surface area contributed by atoms with Gasteiger partial charge in [0, 0.05) is 11.9 Å². The van der Waals surface area contributed by atoms with Crippen molar-refractivity contribution in [3.8, 4) is 0 Å². The molecule has 2 aromatic rings. The van der Waals surface area contributed by atoms with Crippen LogP contribution in [0.3, 0.4) is 0 Å². The zero-order valence-electron chi connectivity index (χ0n) is 8.78. The molecule has 2 nitrogen and oxygen atoms in total. The number of furan rings is 1. The second-order valence-corrected chi connectivity index (χ2v) is 4.28. The van der Waals surface area contributed by atoms with E-state index < -0.39 is 0 Å². The number of fused-ring (bicyclic) bond motifs is 1. The number of rotatable bonds is 2. The predicted molar refractivity (Wildman–Crippen MR) is 60.7 cm³/mol. The highest BCUT2D eigenvalue weighted by atomic mass is 16.3. The Hall–Kier alpha value is -1.28. The lowest BCUT2D eigenvalue weighted by molar-refractivity contribution is 0.331. The van der Waals surface area contributed by atoms with Crippen molar-refractivity contribution >= 4 is 11.0 Å². The Bertz CT molecular complexity index is 454. The summed E-state index contributed by atoms with van der Waals surface area (Å²) in [7, 11) is 0. The van der Waals surface area contributed by atoms with Gasteiger partial charge in [-0.3, -0.25) is 4.90 Å². The Morgan fingerprint density at radius 3 is 2.87 bits per heavy atom. The molecule has 1 aromatic carbocycles. The third-order valence-corrected chi connectivity index (χ3v) is 3.12. The van der Waals surface area contributed by atoms with Crippen LogP contribution in [0.2, 0.25) is 0 Å². The van der Waals surface area contributed by atoms with Crippen LogP contribution in [0.15, 0.2) is 34.9 Å². The lowest BCUT2D eigenvalue weighted by Gasteiger charge is -2.14. The maximum absolute atomic E-state index is 5.33. The van der Waals surface area contributed by atoms with Gasteiger partial charge in [0.25, 0.3) is 0 Å². The van der Waals surface area contributed by atoms with Crippen LogP contribution in [0.5, 0.6) is 0 Å². The highest BCUT2D eigenvalue weighted by molar-refractivity contribution is 5.77. The fraction of sp³-hybridized carbons (Fsp3) is 0.385. The van der Waals surface area contributed by atoms with Gasteiger partial charge in [-0.05, 0) is 49.7 Å². The van der Waals surface area contributed by atoms with Crippen LogP contribution in [0, 0.1) is 0 Å². The molecule has 1 saturated heterocycles. The molecule has 3 rings (SSSR count). The molecule has 0 saturated carbocycles. The van der Waals surface area contributed by atoms with Gasteiger partial charge < -0.3 is 4.42 Å². The van der Waals surface area contributed by atoms with Crippen LogP contribution in [0.25, 0.3) is 11.0 Å². The van der Waals surface area contributed by atoms with E-state index in [0.717, 1.165) is 12.1 Å². The first-order valence-electron chi connectivity index (χ1n) is 5.60. The van der Waals surface area contributed by atoms with Gasteiger partial charge in [-0.1, -0.05) is 6.07 Å². The predicted octanol–water partition coefficient (Wildman–Crippen LogP) is 3.03. The van der Waals surface area contributed by atoms with E-state index in [1.54, 1.807) is 6.26 Å². The fourth-order valence-electron chi connectivity index (χ4n) is 2.31. The van der Waals surface area contributed by atoms with Gasteiger partial charge in [-0.2, -0.15) is 0 Å². The Balaban J connectivity index is 1.84. The zero-order valence-corrected chi connectivity index (χ0v) is 8.78. The maximum atomic E-state index is 5.33. The van der Waals surface area contributed by atoms with E-state index in [4.69, 9.17) is 4.42 Å². The Labute approximate surface area is 89.5 Å². The molecule has 0 N–H and O–H groups in total. The van der Waals surface area contributed by atoms with Crippen molar-refractivity contribution < 1.29 is 4.42 Å². The summed E-state index contributed by atoms with van der Waals surface area (Å²) in [6, 6.07) is 8.50. The van der Waals surface area contributed by atoms with Crippen molar-refractivity contribution in [3.05, 3.63) is 36.1 Å². The lowest BCUT2D eigenvalue weighted by Crippen LogP contribution is -2.18. The molecule has 0 atom stereocenters. The summed E-state index contributed by atoms with van der Waals surface area (Å²) in [6.45, 7) is 3.59. The van der Waals surface area contributed by atoms with Gasteiger partial charge in [0.15, 0.2) is 0 Å². The van der Waals surface area contributed by atoms with Crippen LogP contribution < -0.4 is 0 Å². The topological polar surface area (TPSA) is 16.4 Å². The molecule has 15 heavy (non-hydrogen) atoms. The summed E-state index contributed by atoms with van der Waals surface area (Å²) in [5.41, 5.74) is 2.38. The minimum Gasteiger partial charge on any atom is -0.464 e. The van der Waals surface area contributed by atoms with Gasteiger partial charge in [-0.15, -0.1) is 0 Å². The minimum atomic E-state index is 0.986. The molecule has 2 heterocycles. The normalized spacial score (nSPS) is 17.6. The van der Waals surface area contributed by atoms with Crippen molar-refractivity contribution in [3.63, 3.8) is 0 Å². The third-order valence-electron chi connectivity index (χ3n) is 3.12. The number of hydrogen-bond donors (Lipinski definition) is 0. The molecule has 1 aliphatic rings. The molecule has 0 spiro atoms. The number of nitrogens with zero attached hydrogens (tertiary/aromatic N) is 1. The first-order chi connectivity index (χ1) is 7.42. The Morgan fingerprint density at radius 1 is 1.13 bits per heavy atom. The van der Waals surface area contributed by atoms with Crippen molar-refractivity contribution in [2.45, 2.75) is 19.4 Å². The largest absolute Gasteiger partial charge is 0.464 e. The van der Waals surface area contributed by atoms with E-state index in [2.05, 4.69) is 23.1 Å². The Kier molecular flexibility index (Phi) is 2.22. The van der Waals surface area contributed by atoms with Crippen LogP contribution in [0.4, 0.5) is 0 Å². The summed E-state index contributed by atoms with van der Waals surface area (Å²) in [5.74, 6) is 0. The second-order valence-electron chi connectivity index (χ2n) is 4.28. The summed E-state index contributed by atoms with van der Waals surface area (Å²) >= 11 is 0. The fourth-order valence-corrected chi connectivity index (χ4v) is 2.31. The maximum Gasteiger partial charge on any atom is 0.133 e. The summed E-state index contributed by atoms with van der Waals surface area (Å²) < 4.78 is 5.33. The molecule has 0 unspecified atom stereocenters. The third kappa shape index (κ3) is 1.77. The molecule has 1 aromatic heterocycles. The van der Waals surface area contributed by atoms with E-state index in [0.29, 0.717) is 0 Å². The van der Waals surface area contributed by atoms with Crippen molar-refractivity contribution in [1.29, 1.82) is 0 Å². The van der Waals surface area contributed by atoms with E-state index in [9.17, 15) is 0 Å². The van der Waals surface area contributed by atoms with Crippen molar-refractivity contribution in [1.82, 2.24) is 4.90 Å². The van der Waals surface area contributed by atoms with Gasteiger partial charge in [0.1, 0.15) is 5.58 Å². The van der Waals surface area contributed by atoms with E-state index >= 15 is 0 Å². The van der Waals surface area contributed by atoms with Gasteiger partial charge >= 0.3 is 0 Å². The Morgan fingerprint density at radius 2 is 2.00 bits per heavy atom. The smallest absolute Gasteiger partial charge is 0.133 e. The average molecular weight is 201 g/mol. The highest BCUT2D eigenvalue weighted by Crippen LogP contribution is 2.19. The van der Waals surface area contributed by atoms with Crippen molar-refractivity contribution in [2.24, 2.45) is 0 Å². The molecule has 1 fully saturated rings. The van der Waals surface area contributed by atoms with Crippen molar-refractivity contribution in [2.75, 3.05) is 13.1 Å². The van der Waals surface area contributed by atoms with Crippen LogP contribution in [-0.4, -0.2) is 18.0 Å². The van der Waals surface area contributed by atoms with E-state index in [-0.39, 0.29) is 0 Å². The molecule has 0 radical (unpaired) electrons. The van der Waals surface area contributed by atoms with Crippen LogP contribution >= 0.6 is 0 Å². The highest BCUT2D eigenvalue weighted by Gasteiger charge is 2.11. The zero-order chi connectivity index (χ0) is 10.1. The van der Waals surface area contributed by atoms with Crippen LogP contribution in [-0.2, 0) is 6.54 Å². The van der Waals surface area contributed by atoms with Gasteiger partial charge in [0.05, 0.1) is 6.26 Å². The summed E-state index contributed by atoms with van der Waals surface area (Å²) in [4.78, 5) is 2.52.